The largest absolute Gasteiger partial charge is 0.287 e. The molecule has 0 fully saturated rings. The Labute approximate surface area is 187 Å². The Kier molecular flexibility index (Phi) is 8.15. The van der Waals surface area contributed by atoms with E-state index in [0.29, 0.717) is 0 Å². The maximum absolute atomic E-state index is 12.4. The Morgan fingerprint density at radius 1 is 1.03 bits per heavy atom. The molecule has 3 rings (SSSR count). The predicted molar refractivity (Wildman–Crippen MR) is 128 cm³/mol. The topological polar surface area (TPSA) is 34.9 Å². The summed E-state index contributed by atoms with van der Waals surface area (Å²) >= 11 is 9.51. The lowest BCUT2D eigenvalue weighted by molar-refractivity contribution is 0.336. The molecule has 0 bridgehead atoms. The third kappa shape index (κ3) is 7.02. The van der Waals surface area contributed by atoms with Crippen LogP contribution in [0.2, 0.25) is 5.02 Å². The summed E-state index contributed by atoms with van der Waals surface area (Å²) in [5, 5.41) is 8.60. The summed E-state index contributed by atoms with van der Waals surface area (Å²) in [7, 11) is 0. The molecule has 0 atom stereocenters. The van der Waals surface area contributed by atoms with E-state index in [4.69, 9.17) is 11.6 Å². The number of rotatable bonds is 3. The molecule has 6 heteroatoms. The minimum Gasteiger partial charge on any atom is -0.266 e. The second kappa shape index (κ2) is 9.96. The van der Waals surface area contributed by atoms with E-state index in [9.17, 15) is 4.79 Å². The van der Waals surface area contributed by atoms with Crippen LogP contribution in [-0.2, 0) is 16.7 Å². The number of hydrogen-bond donors (Lipinski definition) is 0. The highest BCUT2D eigenvalue weighted by Gasteiger charge is 2.19. The minimum atomic E-state index is -0.382. The molecule has 0 aliphatic rings. The SMILES string of the molecule is CC(C)(C)c1ccc(CSc2cnn(C(C)(C)C)c(=O)c2Cl)cc1.c1ccsc1. The predicted octanol–water partition coefficient (Wildman–Crippen LogP) is 6.99. The van der Waals surface area contributed by atoms with Gasteiger partial charge in [0.25, 0.3) is 5.56 Å². The van der Waals surface area contributed by atoms with Gasteiger partial charge in [0.15, 0.2) is 0 Å². The van der Waals surface area contributed by atoms with E-state index in [1.165, 1.54) is 27.6 Å². The summed E-state index contributed by atoms with van der Waals surface area (Å²) < 4.78 is 1.43. The van der Waals surface area contributed by atoms with E-state index < -0.39 is 0 Å². The molecule has 0 saturated carbocycles. The number of thiophene rings is 1. The standard InChI is InChI=1S/C19H25ClN2OS.C4H4S/c1-18(2,3)14-9-7-13(8-10-14)12-24-15-11-21-22(19(4,5)6)17(23)16(15)20;1-2-4-5-3-1/h7-11H,12H2,1-6H3;1-4H. The molecule has 0 spiro atoms. The molecular formula is C23H29ClN2OS2. The molecule has 0 amide bonds. The van der Waals surface area contributed by atoms with Crippen molar-refractivity contribution in [3.8, 4) is 0 Å². The van der Waals surface area contributed by atoms with Crippen molar-refractivity contribution in [2.24, 2.45) is 0 Å². The van der Waals surface area contributed by atoms with Crippen molar-refractivity contribution in [2.75, 3.05) is 0 Å². The van der Waals surface area contributed by atoms with E-state index >= 15 is 0 Å². The first kappa shape index (κ1) is 23.7. The van der Waals surface area contributed by atoms with E-state index in [2.05, 4.69) is 50.1 Å². The van der Waals surface area contributed by atoms with Gasteiger partial charge in [0.05, 0.1) is 16.6 Å². The van der Waals surface area contributed by atoms with Crippen LogP contribution in [0.1, 0.15) is 52.7 Å². The number of halogens is 1. The van der Waals surface area contributed by atoms with Crippen molar-refractivity contribution in [3.63, 3.8) is 0 Å². The van der Waals surface area contributed by atoms with Crippen molar-refractivity contribution < 1.29 is 0 Å². The maximum atomic E-state index is 12.4. The third-order valence-corrected chi connectivity index (χ3v) is 6.37. The molecule has 3 nitrogen and oxygen atoms in total. The van der Waals surface area contributed by atoms with Crippen LogP contribution in [0.25, 0.3) is 0 Å². The zero-order valence-corrected chi connectivity index (χ0v) is 20.3. The molecule has 0 radical (unpaired) electrons. The molecule has 156 valence electrons. The molecule has 0 aliphatic heterocycles. The normalized spacial score (nSPS) is 11.7. The molecule has 2 heterocycles. The molecule has 0 aliphatic carbocycles. The number of hydrogen-bond acceptors (Lipinski definition) is 4. The highest BCUT2D eigenvalue weighted by molar-refractivity contribution is 7.98. The number of nitrogens with zero attached hydrogens (tertiary/aromatic N) is 2. The van der Waals surface area contributed by atoms with Gasteiger partial charge in [-0.3, -0.25) is 4.79 Å². The zero-order valence-electron chi connectivity index (χ0n) is 17.9. The monoisotopic (exact) mass is 448 g/mol. The Bertz CT molecular complexity index is 933. The summed E-state index contributed by atoms with van der Waals surface area (Å²) in [6, 6.07) is 12.6. The van der Waals surface area contributed by atoms with Gasteiger partial charge < -0.3 is 0 Å². The van der Waals surface area contributed by atoms with Gasteiger partial charge in [-0.2, -0.15) is 16.4 Å². The second-order valence-corrected chi connectivity index (χ2v) is 11.0. The molecular weight excluding hydrogens is 420 g/mol. The number of benzene rings is 1. The highest BCUT2D eigenvalue weighted by atomic mass is 35.5. The van der Waals surface area contributed by atoms with Crippen LogP contribution in [-0.4, -0.2) is 9.78 Å². The Hall–Kier alpha value is -1.56. The summed E-state index contributed by atoms with van der Waals surface area (Å²) in [5.74, 6) is 0.755. The zero-order chi connectivity index (χ0) is 21.7. The fourth-order valence-electron chi connectivity index (χ4n) is 2.48. The van der Waals surface area contributed by atoms with Crippen LogP contribution < -0.4 is 5.56 Å². The lowest BCUT2D eigenvalue weighted by Gasteiger charge is -2.21. The van der Waals surface area contributed by atoms with Crippen LogP contribution in [0.4, 0.5) is 0 Å². The van der Waals surface area contributed by atoms with Gasteiger partial charge in [-0.05, 0) is 48.1 Å². The van der Waals surface area contributed by atoms with Crippen LogP contribution >= 0.6 is 34.7 Å². The van der Waals surface area contributed by atoms with Crippen molar-refractivity contribution in [2.45, 2.75) is 63.1 Å². The first-order valence-electron chi connectivity index (χ1n) is 9.48. The number of thioether (sulfide) groups is 1. The lowest BCUT2D eigenvalue weighted by Crippen LogP contribution is -2.36. The van der Waals surface area contributed by atoms with E-state index in [1.807, 2.05) is 43.7 Å². The molecule has 2 aromatic heterocycles. The second-order valence-electron chi connectivity index (χ2n) is 8.74. The van der Waals surface area contributed by atoms with Crippen LogP contribution in [0.15, 0.2) is 63.0 Å². The Morgan fingerprint density at radius 3 is 2.07 bits per heavy atom. The molecule has 1 aromatic carbocycles. The summed E-state index contributed by atoms with van der Waals surface area (Å²) in [6.07, 6.45) is 1.68. The fraction of sp³-hybridized carbons (Fsp3) is 0.391. The highest BCUT2D eigenvalue weighted by Crippen LogP contribution is 2.29. The third-order valence-electron chi connectivity index (χ3n) is 4.16. The van der Waals surface area contributed by atoms with Gasteiger partial charge >= 0.3 is 0 Å². The molecule has 0 unspecified atom stereocenters. The van der Waals surface area contributed by atoms with Crippen molar-refractivity contribution >= 4 is 34.7 Å². The fourth-order valence-corrected chi connectivity index (χ4v) is 4.08. The van der Waals surface area contributed by atoms with Gasteiger partial charge in [0.2, 0.25) is 0 Å². The van der Waals surface area contributed by atoms with Gasteiger partial charge in [-0.1, -0.05) is 68.8 Å². The minimum absolute atomic E-state index is 0.149. The molecule has 29 heavy (non-hydrogen) atoms. The molecule has 0 N–H and O–H groups in total. The van der Waals surface area contributed by atoms with Crippen LogP contribution in [0.3, 0.4) is 0 Å². The van der Waals surface area contributed by atoms with Gasteiger partial charge in [0.1, 0.15) is 5.02 Å². The van der Waals surface area contributed by atoms with Crippen molar-refractivity contribution in [1.82, 2.24) is 9.78 Å². The molecule has 0 saturated heterocycles. The summed E-state index contributed by atoms with van der Waals surface area (Å²) in [4.78, 5) is 13.1. The average molecular weight is 449 g/mol. The van der Waals surface area contributed by atoms with E-state index in [1.54, 1.807) is 17.5 Å². The van der Waals surface area contributed by atoms with Crippen molar-refractivity contribution in [3.05, 3.63) is 79.9 Å². The lowest BCUT2D eigenvalue weighted by atomic mass is 9.87. The summed E-state index contributed by atoms with van der Waals surface area (Å²) in [5.41, 5.74) is 2.04. The van der Waals surface area contributed by atoms with Crippen LogP contribution in [0, 0.1) is 0 Å². The summed E-state index contributed by atoms with van der Waals surface area (Å²) in [6.45, 7) is 12.4. The van der Waals surface area contributed by atoms with Gasteiger partial charge in [0, 0.05) is 5.75 Å². The van der Waals surface area contributed by atoms with Gasteiger partial charge in [-0.15, -0.1) is 11.8 Å². The molecule has 3 aromatic rings. The average Bonchev–Trinajstić information content (AvgIpc) is 3.21. The quantitative estimate of drug-likeness (QED) is 0.405. The maximum Gasteiger partial charge on any atom is 0.287 e. The Balaban J connectivity index is 0.000000521. The van der Waals surface area contributed by atoms with E-state index in [-0.39, 0.29) is 21.5 Å². The first-order valence-corrected chi connectivity index (χ1v) is 11.8. The van der Waals surface area contributed by atoms with Crippen LogP contribution in [0.5, 0.6) is 0 Å². The first-order chi connectivity index (χ1) is 13.5. The Morgan fingerprint density at radius 2 is 1.62 bits per heavy atom. The van der Waals surface area contributed by atoms with Crippen molar-refractivity contribution in [1.29, 1.82) is 0 Å². The number of aromatic nitrogens is 2. The smallest absolute Gasteiger partial charge is 0.266 e. The van der Waals surface area contributed by atoms with Gasteiger partial charge in [-0.25, -0.2) is 4.68 Å². The van der Waals surface area contributed by atoms with E-state index in [0.717, 1.165) is 10.6 Å².